The largest absolute Gasteiger partial charge is 0.456 e. The van der Waals surface area contributed by atoms with Gasteiger partial charge in [0.15, 0.2) is 0 Å². The van der Waals surface area contributed by atoms with E-state index in [0.717, 1.165) is 50.5 Å². The average Bonchev–Trinajstić information content (AvgIpc) is 3.58. The van der Waals surface area contributed by atoms with Gasteiger partial charge in [-0.1, -0.05) is 140 Å². The molecule has 7 aromatic carbocycles. The molecule has 0 unspecified atom stereocenters. The summed E-state index contributed by atoms with van der Waals surface area (Å²) in [5.74, 6) is 0.883. The minimum atomic E-state index is 0.883. The molecule has 0 aliphatic heterocycles. The molecule has 0 N–H and O–H groups in total. The van der Waals surface area contributed by atoms with E-state index in [1.807, 2.05) is 18.2 Å². The fraction of sp³-hybridized carbons (Fsp3) is 0. The van der Waals surface area contributed by atoms with Crippen LogP contribution in [0.4, 0.5) is 17.1 Å². The lowest BCUT2D eigenvalue weighted by Crippen LogP contribution is -2.09. The van der Waals surface area contributed by atoms with Crippen molar-refractivity contribution in [2.45, 2.75) is 0 Å². The third kappa shape index (κ3) is 5.38. The lowest BCUT2D eigenvalue weighted by Gasteiger charge is -2.26. The summed E-state index contributed by atoms with van der Waals surface area (Å²) in [6.07, 6.45) is 0. The minimum absolute atomic E-state index is 0.883. The summed E-state index contributed by atoms with van der Waals surface area (Å²) in [6.45, 7) is 0. The van der Waals surface area contributed by atoms with E-state index in [4.69, 9.17) is 4.42 Å². The zero-order chi connectivity index (χ0) is 30.7. The van der Waals surface area contributed by atoms with Gasteiger partial charge in [-0.15, -0.1) is 0 Å². The first-order valence-electron chi connectivity index (χ1n) is 15.6. The maximum atomic E-state index is 6.23. The number of hydrogen-bond acceptors (Lipinski definition) is 2. The van der Waals surface area contributed by atoms with Crippen molar-refractivity contribution in [3.05, 3.63) is 188 Å². The summed E-state index contributed by atoms with van der Waals surface area (Å²) < 4.78 is 6.23. The predicted octanol–water partition coefficient (Wildman–Crippen LogP) is 12.6. The Balaban J connectivity index is 1.10. The van der Waals surface area contributed by atoms with Gasteiger partial charge in [-0.3, -0.25) is 0 Å². The molecule has 0 atom stereocenters. The van der Waals surface area contributed by atoms with Crippen LogP contribution in [0.3, 0.4) is 0 Å². The van der Waals surface area contributed by atoms with Gasteiger partial charge in [-0.05, 0) is 81.9 Å². The number of para-hydroxylation sites is 2. The highest BCUT2D eigenvalue weighted by molar-refractivity contribution is 5.89. The molecule has 0 aliphatic rings. The summed E-state index contributed by atoms with van der Waals surface area (Å²) in [7, 11) is 0. The van der Waals surface area contributed by atoms with Crippen LogP contribution in [0.15, 0.2) is 192 Å². The van der Waals surface area contributed by atoms with E-state index in [0.29, 0.717) is 0 Å². The van der Waals surface area contributed by atoms with E-state index in [1.165, 1.54) is 22.3 Å². The fourth-order valence-electron chi connectivity index (χ4n) is 6.19. The number of hydrogen-bond donors (Lipinski definition) is 0. The van der Waals surface area contributed by atoms with Gasteiger partial charge in [-0.25, -0.2) is 0 Å². The van der Waals surface area contributed by atoms with E-state index < -0.39 is 0 Å². The molecular weight excluding hydrogens is 558 g/mol. The zero-order valence-electron chi connectivity index (χ0n) is 25.3. The average molecular weight is 590 g/mol. The highest BCUT2D eigenvalue weighted by Gasteiger charge is 2.15. The van der Waals surface area contributed by atoms with Gasteiger partial charge in [-0.2, -0.15) is 0 Å². The van der Waals surface area contributed by atoms with Crippen LogP contribution < -0.4 is 4.90 Å². The van der Waals surface area contributed by atoms with Gasteiger partial charge in [0.25, 0.3) is 0 Å². The van der Waals surface area contributed by atoms with E-state index in [9.17, 15) is 0 Å². The third-order valence-corrected chi connectivity index (χ3v) is 8.50. The highest BCUT2D eigenvalue weighted by Crippen LogP contribution is 2.39. The van der Waals surface area contributed by atoms with Crippen LogP contribution in [0.2, 0.25) is 0 Å². The molecule has 0 aliphatic carbocycles. The summed E-state index contributed by atoms with van der Waals surface area (Å²) in [5, 5.41) is 1.11. The second kappa shape index (κ2) is 12.1. The van der Waals surface area contributed by atoms with Crippen molar-refractivity contribution < 1.29 is 4.42 Å². The predicted molar refractivity (Wildman–Crippen MR) is 193 cm³/mol. The van der Waals surface area contributed by atoms with E-state index in [-0.39, 0.29) is 0 Å². The Bertz CT molecular complexity index is 2200. The monoisotopic (exact) mass is 589 g/mol. The summed E-state index contributed by atoms with van der Waals surface area (Å²) in [4.78, 5) is 2.31. The second-order valence-corrected chi connectivity index (χ2v) is 11.4. The van der Waals surface area contributed by atoms with Crippen molar-refractivity contribution in [2.24, 2.45) is 0 Å². The van der Waals surface area contributed by atoms with Gasteiger partial charge in [0.1, 0.15) is 11.3 Å². The number of benzene rings is 7. The minimum Gasteiger partial charge on any atom is -0.456 e. The number of nitrogens with zero attached hydrogens (tertiary/aromatic N) is 1. The Morgan fingerprint density at radius 2 is 0.848 bits per heavy atom. The molecule has 0 saturated carbocycles. The molecule has 2 nitrogen and oxygen atoms in total. The first-order valence-corrected chi connectivity index (χ1v) is 15.6. The van der Waals surface area contributed by atoms with Crippen molar-refractivity contribution in [1.82, 2.24) is 0 Å². The van der Waals surface area contributed by atoms with Gasteiger partial charge in [0.05, 0.1) is 0 Å². The molecule has 0 saturated heterocycles. The van der Waals surface area contributed by atoms with Crippen LogP contribution in [0.5, 0.6) is 0 Å². The van der Waals surface area contributed by atoms with Gasteiger partial charge >= 0.3 is 0 Å². The SMILES string of the molecule is c1ccc(-c2cccc(N(c3ccccc3)c3ccc(-c4ccc(-c5ccccc5-c5cc6ccccc6o5)cc4)cc3)c2)cc1. The first-order chi connectivity index (χ1) is 22.8. The van der Waals surface area contributed by atoms with Crippen molar-refractivity contribution in [3.63, 3.8) is 0 Å². The van der Waals surface area contributed by atoms with Crippen molar-refractivity contribution in [1.29, 1.82) is 0 Å². The molecule has 0 bridgehead atoms. The number of anilines is 3. The summed E-state index contributed by atoms with van der Waals surface area (Å²) in [6, 6.07) is 66.2. The summed E-state index contributed by atoms with van der Waals surface area (Å²) >= 11 is 0. The Hall–Kier alpha value is -6.12. The quantitative estimate of drug-likeness (QED) is 0.184. The molecule has 8 rings (SSSR count). The van der Waals surface area contributed by atoms with Crippen LogP contribution in [0.25, 0.3) is 55.7 Å². The van der Waals surface area contributed by atoms with E-state index >= 15 is 0 Å². The lowest BCUT2D eigenvalue weighted by molar-refractivity contribution is 0.632. The molecular formula is C44H31NO. The fourth-order valence-corrected chi connectivity index (χ4v) is 6.19. The van der Waals surface area contributed by atoms with Crippen molar-refractivity contribution in [3.8, 4) is 44.7 Å². The number of rotatable bonds is 7. The standard InChI is InChI=1S/C44H31NO/c1-3-12-32(13-4-1)36-15-11-18-40(30-36)45(38-16-5-2-6-17-38)39-28-26-34(27-29-39)33-22-24-35(25-23-33)41-19-8-9-20-42(41)44-31-37-14-7-10-21-43(37)46-44/h1-31H. The maximum Gasteiger partial charge on any atom is 0.136 e. The first kappa shape index (κ1) is 27.4. The molecule has 8 aromatic rings. The van der Waals surface area contributed by atoms with Crippen molar-refractivity contribution in [2.75, 3.05) is 4.90 Å². The van der Waals surface area contributed by atoms with Crippen LogP contribution in [0.1, 0.15) is 0 Å². The number of furan rings is 1. The van der Waals surface area contributed by atoms with Gasteiger partial charge < -0.3 is 9.32 Å². The molecule has 2 heteroatoms. The zero-order valence-corrected chi connectivity index (χ0v) is 25.3. The number of fused-ring (bicyclic) bond motifs is 1. The van der Waals surface area contributed by atoms with Crippen LogP contribution >= 0.6 is 0 Å². The Labute approximate surface area is 269 Å². The molecule has 1 aromatic heterocycles. The molecule has 46 heavy (non-hydrogen) atoms. The Kier molecular flexibility index (Phi) is 7.22. The molecule has 0 amide bonds. The molecule has 218 valence electrons. The van der Waals surface area contributed by atoms with Crippen LogP contribution in [0, 0.1) is 0 Å². The highest BCUT2D eigenvalue weighted by atomic mass is 16.3. The maximum absolute atomic E-state index is 6.23. The Morgan fingerprint density at radius 1 is 0.326 bits per heavy atom. The van der Waals surface area contributed by atoms with Crippen LogP contribution in [-0.4, -0.2) is 0 Å². The topological polar surface area (TPSA) is 16.4 Å². The molecule has 0 spiro atoms. The third-order valence-electron chi connectivity index (χ3n) is 8.50. The smallest absolute Gasteiger partial charge is 0.136 e. The normalized spacial score (nSPS) is 11.0. The Morgan fingerprint density at radius 3 is 1.59 bits per heavy atom. The summed E-state index contributed by atoms with van der Waals surface area (Å²) in [5.41, 5.74) is 12.4. The van der Waals surface area contributed by atoms with E-state index in [2.05, 4.69) is 175 Å². The van der Waals surface area contributed by atoms with E-state index in [1.54, 1.807) is 0 Å². The lowest BCUT2D eigenvalue weighted by atomic mass is 9.96. The second-order valence-electron chi connectivity index (χ2n) is 11.4. The van der Waals surface area contributed by atoms with Gasteiger partial charge in [0.2, 0.25) is 0 Å². The van der Waals surface area contributed by atoms with Gasteiger partial charge in [0, 0.05) is 28.0 Å². The molecule has 0 fully saturated rings. The van der Waals surface area contributed by atoms with Crippen molar-refractivity contribution >= 4 is 28.0 Å². The van der Waals surface area contributed by atoms with Crippen LogP contribution in [-0.2, 0) is 0 Å². The molecule has 1 heterocycles. The molecule has 0 radical (unpaired) electrons.